The Bertz CT molecular complexity index is 830. The number of carbonyl (C=O) groups is 3. The fourth-order valence-corrected chi connectivity index (χ4v) is 5.55. The molecule has 0 radical (unpaired) electrons. The number of likely N-dealkylation sites (tertiary alicyclic amines) is 1. The van der Waals surface area contributed by atoms with Crippen LogP contribution in [-0.2, 0) is 14.4 Å². The van der Waals surface area contributed by atoms with Gasteiger partial charge in [0.05, 0.1) is 22.5 Å². The molecule has 2 saturated carbocycles. The number of anilines is 1. The Kier molecular flexibility index (Phi) is 3.35. The first kappa shape index (κ1) is 16.1. The summed E-state index contributed by atoms with van der Waals surface area (Å²) in [5, 5.41) is 0.419. The van der Waals surface area contributed by atoms with Crippen molar-refractivity contribution in [3.63, 3.8) is 0 Å². The summed E-state index contributed by atoms with van der Waals surface area (Å²) in [6.45, 7) is 1.35. The molecule has 6 heteroatoms. The van der Waals surface area contributed by atoms with Crippen LogP contribution in [0.4, 0.5) is 5.69 Å². The minimum atomic E-state index is -0.252. The van der Waals surface area contributed by atoms with Crippen LogP contribution in [0.15, 0.2) is 36.4 Å². The maximum absolute atomic E-state index is 13.1. The minimum Gasteiger partial charge on any atom is -0.292 e. The third-order valence-corrected chi connectivity index (χ3v) is 6.88. The van der Waals surface area contributed by atoms with Gasteiger partial charge in [-0.3, -0.25) is 24.2 Å². The van der Waals surface area contributed by atoms with E-state index in [1.54, 1.807) is 24.3 Å². The quantitative estimate of drug-likeness (QED) is 0.607. The number of para-hydroxylation sites is 1. The van der Waals surface area contributed by atoms with Gasteiger partial charge in [-0.05, 0) is 42.2 Å². The van der Waals surface area contributed by atoms with Gasteiger partial charge in [-0.2, -0.15) is 0 Å². The van der Waals surface area contributed by atoms with Crippen LogP contribution in [0.25, 0.3) is 0 Å². The molecule has 0 N–H and O–H groups in total. The maximum Gasteiger partial charge on any atom is 0.235 e. The molecule has 1 aromatic rings. The fourth-order valence-electron chi connectivity index (χ4n) is 5.32. The predicted octanol–water partition coefficient (Wildman–Crippen LogP) is 2.70. The van der Waals surface area contributed by atoms with E-state index < -0.39 is 0 Å². The average molecular weight is 371 g/mol. The van der Waals surface area contributed by atoms with Gasteiger partial charge in [-0.1, -0.05) is 35.9 Å². The first-order valence-electron chi connectivity index (χ1n) is 9.05. The smallest absolute Gasteiger partial charge is 0.235 e. The molecule has 1 saturated heterocycles. The fraction of sp³-hybridized carbons (Fsp3) is 0.450. The van der Waals surface area contributed by atoms with Gasteiger partial charge in [0.1, 0.15) is 6.67 Å². The van der Waals surface area contributed by atoms with Crippen LogP contribution in [0.1, 0.15) is 13.3 Å². The van der Waals surface area contributed by atoms with Crippen LogP contribution in [0.3, 0.4) is 0 Å². The van der Waals surface area contributed by atoms with Gasteiger partial charge in [-0.25, -0.2) is 0 Å². The number of rotatable bonds is 3. The van der Waals surface area contributed by atoms with Crippen LogP contribution >= 0.6 is 11.6 Å². The summed E-state index contributed by atoms with van der Waals surface area (Å²) < 4.78 is 0. The number of allylic oxidation sites excluding steroid dienone is 2. The summed E-state index contributed by atoms with van der Waals surface area (Å²) in [4.78, 5) is 41.1. The van der Waals surface area contributed by atoms with Gasteiger partial charge in [0.2, 0.25) is 17.7 Å². The van der Waals surface area contributed by atoms with Crippen LogP contribution in [-0.4, -0.2) is 29.3 Å². The molecule has 0 aromatic heterocycles. The minimum absolute atomic E-state index is 0.0709. The number of imide groups is 1. The highest BCUT2D eigenvalue weighted by Crippen LogP contribution is 2.65. The number of hydrogen-bond acceptors (Lipinski definition) is 3. The second-order valence-corrected chi connectivity index (χ2v) is 8.21. The van der Waals surface area contributed by atoms with Crippen molar-refractivity contribution in [1.82, 2.24) is 4.90 Å². The number of nitrogens with zero attached hydrogens (tertiary/aromatic N) is 2. The number of benzene rings is 1. The zero-order valence-corrected chi connectivity index (χ0v) is 15.1. The van der Waals surface area contributed by atoms with Crippen molar-refractivity contribution >= 4 is 35.0 Å². The van der Waals surface area contributed by atoms with Crippen molar-refractivity contribution in [1.29, 1.82) is 0 Å². The van der Waals surface area contributed by atoms with Gasteiger partial charge >= 0.3 is 0 Å². The molecule has 1 aliphatic heterocycles. The molecule has 134 valence electrons. The normalized spacial score (nSPS) is 36.2. The van der Waals surface area contributed by atoms with Crippen LogP contribution in [0, 0.1) is 35.5 Å². The lowest BCUT2D eigenvalue weighted by Crippen LogP contribution is -2.44. The van der Waals surface area contributed by atoms with E-state index in [2.05, 4.69) is 12.2 Å². The Balaban J connectivity index is 1.46. The van der Waals surface area contributed by atoms with E-state index in [-0.39, 0.29) is 48.1 Å². The van der Waals surface area contributed by atoms with E-state index in [0.29, 0.717) is 22.5 Å². The highest BCUT2D eigenvalue weighted by Gasteiger charge is 2.67. The zero-order chi connectivity index (χ0) is 18.2. The summed E-state index contributed by atoms with van der Waals surface area (Å²) in [5.74, 6) is 0.474. The van der Waals surface area contributed by atoms with Gasteiger partial charge in [0.15, 0.2) is 0 Å². The highest BCUT2D eigenvalue weighted by atomic mass is 35.5. The third kappa shape index (κ3) is 2.07. The first-order chi connectivity index (χ1) is 12.5. The van der Waals surface area contributed by atoms with Crippen LogP contribution in [0.5, 0.6) is 0 Å². The molecule has 1 heterocycles. The third-order valence-electron chi connectivity index (χ3n) is 6.56. The van der Waals surface area contributed by atoms with Crippen molar-refractivity contribution in [2.45, 2.75) is 13.3 Å². The number of hydrogen-bond donors (Lipinski definition) is 0. The summed E-state index contributed by atoms with van der Waals surface area (Å²) in [6, 6.07) is 6.98. The lowest BCUT2D eigenvalue weighted by atomic mass is 9.63. The molecule has 26 heavy (non-hydrogen) atoms. The summed E-state index contributed by atoms with van der Waals surface area (Å²) in [6.07, 6.45) is 5.42. The van der Waals surface area contributed by atoms with Crippen LogP contribution in [0.2, 0.25) is 5.02 Å². The van der Waals surface area contributed by atoms with Gasteiger partial charge in [-0.15, -0.1) is 0 Å². The molecular weight excluding hydrogens is 352 g/mol. The van der Waals surface area contributed by atoms with E-state index in [1.807, 2.05) is 0 Å². The number of carbonyl (C=O) groups excluding carboxylic acids is 3. The SMILES string of the molecule is CC(=O)N(CN1C(=O)[C@@H]2[C@@H]3C=C[C@H]([C@H]4C[C@@H]34)[C@@H]2C1=O)c1ccccc1Cl. The summed E-state index contributed by atoms with van der Waals surface area (Å²) >= 11 is 6.23. The highest BCUT2D eigenvalue weighted by molar-refractivity contribution is 6.33. The topological polar surface area (TPSA) is 57.7 Å². The van der Waals surface area contributed by atoms with E-state index in [4.69, 9.17) is 11.6 Å². The van der Waals surface area contributed by atoms with Crippen LogP contribution < -0.4 is 4.90 Å². The summed E-state index contributed by atoms with van der Waals surface area (Å²) in [7, 11) is 0. The molecule has 3 amide bonds. The number of halogens is 1. The molecular formula is C20H19ClN2O3. The lowest BCUT2D eigenvalue weighted by molar-refractivity contribution is -0.140. The largest absolute Gasteiger partial charge is 0.292 e. The zero-order valence-electron chi connectivity index (χ0n) is 14.3. The molecule has 5 aliphatic rings. The second-order valence-electron chi connectivity index (χ2n) is 7.80. The van der Waals surface area contributed by atoms with Crippen molar-refractivity contribution in [3.05, 3.63) is 41.4 Å². The second kappa shape index (κ2) is 5.43. The first-order valence-corrected chi connectivity index (χ1v) is 9.43. The van der Waals surface area contributed by atoms with E-state index >= 15 is 0 Å². The van der Waals surface area contributed by atoms with E-state index in [1.165, 1.54) is 16.7 Å². The molecule has 6 rings (SSSR count). The number of amides is 3. The van der Waals surface area contributed by atoms with Gasteiger partial charge < -0.3 is 0 Å². The summed E-state index contributed by atoms with van der Waals surface area (Å²) in [5.41, 5.74) is 0.515. The molecule has 5 nitrogen and oxygen atoms in total. The molecule has 1 aromatic carbocycles. The van der Waals surface area contributed by atoms with Gasteiger partial charge in [0.25, 0.3) is 0 Å². The Hall–Kier alpha value is -2.14. The van der Waals surface area contributed by atoms with Gasteiger partial charge in [0, 0.05) is 6.92 Å². The molecule has 3 fully saturated rings. The molecule has 6 atom stereocenters. The molecule has 4 aliphatic carbocycles. The standard InChI is InChI=1S/C20H19ClN2O3/c1-10(24)22(16-5-3-2-4-15(16)21)9-23-19(25)17-11-6-7-12(14-8-13(11)14)18(17)20(23)26/h2-7,11-14,17-18H,8-9H2,1H3/t11-,12-,13-,14+,17+,18-/m1/s1. The lowest BCUT2D eigenvalue weighted by Gasteiger charge is -2.37. The van der Waals surface area contributed by atoms with Crippen molar-refractivity contribution in [2.75, 3.05) is 11.6 Å². The Morgan fingerprint density at radius 3 is 2.23 bits per heavy atom. The van der Waals surface area contributed by atoms with E-state index in [0.717, 1.165) is 6.42 Å². The molecule has 2 bridgehead atoms. The Morgan fingerprint density at radius 2 is 1.69 bits per heavy atom. The van der Waals surface area contributed by atoms with Crippen molar-refractivity contribution in [2.24, 2.45) is 35.5 Å². The predicted molar refractivity (Wildman–Crippen MR) is 96.0 cm³/mol. The van der Waals surface area contributed by atoms with Crippen molar-refractivity contribution < 1.29 is 14.4 Å². The monoisotopic (exact) mass is 370 g/mol. The molecule has 0 spiro atoms. The average Bonchev–Trinajstić information content (AvgIpc) is 3.40. The molecule has 0 unspecified atom stereocenters. The van der Waals surface area contributed by atoms with Crippen molar-refractivity contribution in [3.8, 4) is 0 Å². The Morgan fingerprint density at radius 1 is 1.12 bits per heavy atom. The van der Waals surface area contributed by atoms with E-state index in [9.17, 15) is 14.4 Å². The maximum atomic E-state index is 13.1. The Labute approximate surface area is 156 Å².